The van der Waals surface area contributed by atoms with Crippen molar-refractivity contribution in [3.63, 3.8) is 0 Å². The maximum Gasteiger partial charge on any atom is 0.279 e. The number of amides is 3. The summed E-state index contributed by atoms with van der Waals surface area (Å²) < 4.78 is 5.40. The van der Waals surface area contributed by atoms with E-state index in [0.29, 0.717) is 23.5 Å². The van der Waals surface area contributed by atoms with Crippen molar-refractivity contribution in [2.45, 2.75) is 13.5 Å². The SMILES string of the molecule is CCOc1ccc(NC(=O)c2ccc(NC3=C(Cl)C(=O)N(Cc4ccccc4)C3=O)cc2)cc1. The summed E-state index contributed by atoms with van der Waals surface area (Å²) in [5.74, 6) is -0.610. The minimum Gasteiger partial charge on any atom is -0.494 e. The lowest BCUT2D eigenvalue weighted by Gasteiger charge is -2.15. The molecule has 1 aliphatic rings. The molecule has 0 aromatic heterocycles. The van der Waals surface area contributed by atoms with Crippen LogP contribution in [0.5, 0.6) is 5.75 Å². The summed E-state index contributed by atoms with van der Waals surface area (Å²) >= 11 is 6.17. The zero-order valence-electron chi connectivity index (χ0n) is 18.4. The molecule has 0 fully saturated rings. The fraction of sp³-hybridized carbons (Fsp3) is 0.115. The van der Waals surface area contributed by atoms with Crippen molar-refractivity contribution in [2.75, 3.05) is 17.2 Å². The van der Waals surface area contributed by atoms with E-state index in [1.807, 2.05) is 37.3 Å². The first kappa shape index (κ1) is 23.1. The molecule has 0 aliphatic carbocycles. The van der Waals surface area contributed by atoms with E-state index < -0.39 is 11.8 Å². The van der Waals surface area contributed by atoms with Crippen LogP contribution in [0.1, 0.15) is 22.8 Å². The lowest BCUT2D eigenvalue weighted by atomic mass is 10.2. The van der Waals surface area contributed by atoms with Gasteiger partial charge in [-0.15, -0.1) is 0 Å². The molecule has 0 bridgehead atoms. The van der Waals surface area contributed by atoms with Crippen LogP contribution < -0.4 is 15.4 Å². The number of hydrogen-bond donors (Lipinski definition) is 2. The summed E-state index contributed by atoms with van der Waals surface area (Å²) in [7, 11) is 0. The lowest BCUT2D eigenvalue weighted by molar-refractivity contribution is -0.138. The second kappa shape index (κ2) is 10.2. The Kier molecular flexibility index (Phi) is 6.94. The van der Waals surface area contributed by atoms with Crippen molar-refractivity contribution in [2.24, 2.45) is 0 Å². The van der Waals surface area contributed by atoms with Gasteiger partial charge >= 0.3 is 0 Å². The third-order valence-electron chi connectivity index (χ3n) is 5.13. The van der Waals surface area contributed by atoms with Crippen LogP contribution in [0.15, 0.2) is 89.6 Å². The maximum atomic E-state index is 12.8. The fourth-order valence-corrected chi connectivity index (χ4v) is 3.65. The highest BCUT2D eigenvalue weighted by Crippen LogP contribution is 2.27. The summed E-state index contributed by atoms with van der Waals surface area (Å²) in [6.07, 6.45) is 0. The molecule has 0 saturated heterocycles. The molecule has 7 nitrogen and oxygen atoms in total. The smallest absolute Gasteiger partial charge is 0.279 e. The van der Waals surface area contributed by atoms with E-state index in [-0.39, 0.29) is 23.2 Å². The monoisotopic (exact) mass is 475 g/mol. The number of imide groups is 1. The molecule has 4 rings (SSSR count). The number of anilines is 2. The van der Waals surface area contributed by atoms with Crippen molar-refractivity contribution >= 4 is 40.7 Å². The van der Waals surface area contributed by atoms with E-state index in [9.17, 15) is 14.4 Å². The quantitative estimate of drug-likeness (QED) is 0.458. The molecule has 0 unspecified atom stereocenters. The molecule has 2 N–H and O–H groups in total. The van der Waals surface area contributed by atoms with E-state index in [0.717, 1.165) is 16.2 Å². The Labute approximate surface area is 202 Å². The molecule has 3 aromatic carbocycles. The van der Waals surface area contributed by atoms with E-state index in [4.69, 9.17) is 16.3 Å². The molecular weight excluding hydrogens is 454 g/mol. The molecule has 8 heteroatoms. The first-order valence-electron chi connectivity index (χ1n) is 10.7. The van der Waals surface area contributed by atoms with Gasteiger partial charge in [-0.2, -0.15) is 0 Å². The number of nitrogens with one attached hydrogen (secondary N) is 2. The number of benzene rings is 3. The first-order chi connectivity index (χ1) is 16.5. The van der Waals surface area contributed by atoms with Crippen LogP contribution in [0.25, 0.3) is 0 Å². The number of nitrogens with zero attached hydrogens (tertiary/aromatic N) is 1. The van der Waals surface area contributed by atoms with Crippen molar-refractivity contribution in [3.05, 3.63) is 101 Å². The molecular formula is C26H22ClN3O4. The van der Waals surface area contributed by atoms with Crippen molar-refractivity contribution in [1.29, 1.82) is 0 Å². The highest BCUT2D eigenvalue weighted by molar-refractivity contribution is 6.48. The third-order valence-corrected chi connectivity index (χ3v) is 5.49. The zero-order valence-corrected chi connectivity index (χ0v) is 19.1. The van der Waals surface area contributed by atoms with Gasteiger partial charge in [0.15, 0.2) is 0 Å². The molecule has 3 aromatic rings. The molecule has 0 saturated carbocycles. The average Bonchev–Trinajstić information content (AvgIpc) is 3.05. The third kappa shape index (κ3) is 5.10. The summed E-state index contributed by atoms with van der Waals surface area (Å²) in [6.45, 7) is 2.60. The molecule has 0 radical (unpaired) electrons. The van der Waals surface area contributed by atoms with E-state index in [2.05, 4.69) is 10.6 Å². The predicted molar refractivity (Wildman–Crippen MR) is 131 cm³/mol. The van der Waals surface area contributed by atoms with Crippen LogP contribution in [-0.2, 0) is 16.1 Å². The van der Waals surface area contributed by atoms with Crippen molar-refractivity contribution < 1.29 is 19.1 Å². The summed E-state index contributed by atoms with van der Waals surface area (Å²) in [5, 5.41) is 5.56. The number of rotatable bonds is 8. The number of carbonyl (C=O) groups is 3. The highest BCUT2D eigenvalue weighted by atomic mass is 35.5. The summed E-state index contributed by atoms with van der Waals surface area (Å²) in [4.78, 5) is 39.0. The largest absolute Gasteiger partial charge is 0.494 e. The zero-order chi connectivity index (χ0) is 24.1. The average molecular weight is 476 g/mol. The Bertz CT molecular complexity index is 1240. The summed E-state index contributed by atoms with van der Waals surface area (Å²) in [5.41, 5.74) is 2.42. The second-order valence-corrected chi connectivity index (χ2v) is 7.86. The summed E-state index contributed by atoms with van der Waals surface area (Å²) in [6, 6.07) is 22.8. The van der Waals surface area contributed by atoms with Crippen LogP contribution in [-0.4, -0.2) is 29.2 Å². The van der Waals surface area contributed by atoms with Crippen molar-refractivity contribution in [3.8, 4) is 5.75 Å². The van der Waals surface area contributed by atoms with Gasteiger partial charge in [0.2, 0.25) is 0 Å². The van der Waals surface area contributed by atoms with Crippen LogP contribution in [0.3, 0.4) is 0 Å². The lowest BCUT2D eigenvalue weighted by Crippen LogP contribution is -2.31. The van der Waals surface area contributed by atoms with Gasteiger partial charge in [0.1, 0.15) is 16.5 Å². The standard InChI is InChI=1S/C26H22ClN3O4/c1-2-34-21-14-12-20(13-15-21)29-24(31)18-8-10-19(11-9-18)28-23-22(27)25(32)30(26(23)33)16-17-6-4-3-5-7-17/h3-15,28H,2,16H2,1H3,(H,29,31). The number of halogens is 1. The van der Waals surface area contributed by atoms with Gasteiger partial charge < -0.3 is 15.4 Å². The molecule has 1 heterocycles. The molecule has 0 spiro atoms. The maximum absolute atomic E-state index is 12.8. The predicted octanol–water partition coefficient (Wildman–Crippen LogP) is 4.77. The Morgan fingerprint density at radius 2 is 1.53 bits per heavy atom. The fourth-order valence-electron chi connectivity index (χ4n) is 3.42. The second-order valence-electron chi connectivity index (χ2n) is 7.48. The Morgan fingerprint density at radius 1 is 0.882 bits per heavy atom. The number of hydrogen-bond acceptors (Lipinski definition) is 5. The topological polar surface area (TPSA) is 87.7 Å². The number of carbonyl (C=O) groups excluding carboxylic acids is 3. The normalized spacial score (nSPS) is 13.3. The number of ether oxygens (including phenoxy) is 1. The van der Waals surface area contributed by atoms with Crippen molar-refractivity contribution in [1.82, 2.24) is 4.90 Å². The van der Waals surface area contributed by atoms with E-state index >= 15 is 0 Å². The Balaban J connectivity index is 1.40. The van der Waals surface area contributed by atoms with Crippen LogP contribution >= 0.6 is 11.6 Å². The Morgan fingerprint density at radius 3 is 2.18 bits per heavy atom. The van der Waals surface area contributed by atoms with Gasteiger partial charge in [-0.1, -0.05) is 41.9 Å². The molecule has 172 valence electrons. The van der Waals surface area contributed by atoms with Crippen LogP contribution in [0.2, 0.25) is 0 Å². The van der Waals surface area contributed by atoms with E-state index in [1.165, 1.54) is 0 Å². The first-order valence-corrected chi connectivity index (χ1v) is 11.0. The van der Waals surface area contributed by atoms with Gasteiger partial charge in [0.05, 0.1) is 13.2 Å². The molecule has 34 heavy (non-hydrogen) atoms. The molecule has 0 atom stereocenters. The van der Waals surface area contributed by atoms with Crippen LogP contribution in [0.4, 0.5) is 11.4 Å². The van der Waals surface area contributed by atoms with Gasteiger partial charge in [0.25, 0.3) is 17.7 Å². The highest BCUT2D eigenvalue weighted by Gasteiger charge is 2.37. The molecule has 1 aliphatic heterocycles. The van der Waals surface area contributed by atoms with Crippen LogP contribution in [0, 0.1) is 0 Å². The minimum atomic E-state index is -0.552. The van der Waals surface area contributed by atoms with Gasteiger partial charge in [-0.25, -0.2) is 0 Å². The molecule has 3 amide bonds. The van der Waals surface area contributed by atoms with E-state index in [1.54, 1.807) is 48.5 Å². The Hall–Kier alpha value is -4.10. The minimum absolute atomic E-state index is 0.00851. The van der Waals surface area contributed by atoms with Gasteiger partial charge in [-0.05, 0) is 61.0 Å². The van der Waals surface area contributed by atoms with Gasteiger partial charge in [-0.3, -0.25) is 19.3 Å². The van der Waals surface area contributed by atoms with Gasteiger partial charge in [0, 0.05) is 16.9 Å².